The van der Waals surface area contributed by atoms with Gasteiger partial charge in [0.15, 0.2) is 0 Å². The van der Waals surface area contributed by atoms with Gasteiger partial charge in [-0.2, -0.15) is 13.2 Å². The molecule has 1 aliphatic carbocycles. The topological polar surface area (TPSA) is 71.5 Å². The Kier molecular flexibility index (Phi) is 5.61. The number of amides is 1. The molecule has 0 spiro atoms. The van der Waals surface area contributed by atoms with E-state index in [1.165, 1.54) is 12.4 Å². The van der Waals surface area contributed by atoms with E-state index >= 15 is 0 Å². The standard InChI is InChI=1S/C20H22F3N3O3S/c1-24-19(28)13-10-30-18-14(20(21,22)23)9-15(25-17(13)18)26-6-4-12(5-7-26)29-16(27)8-11-2-3-11/h9-12H,2-8H2,1H3,(H,24,28). The molecule has 1 N–H and O–H groups in total. The maximum atomic E-state index is 13.7. The number of nitrogens with zero attached hydrogens (tertiary/aromatic N) is 2. The number of fused-ring (bicyclic) bond motifs is 1. The lowest BCUT2D eigenvalue weighted by molar-refractivity contribution is -0.150. The van der Waals surface area contributed by atoms with E-state index in [4.69, 9.17) is 4.74 Å². The third kappa shape index (κ3) is 4.38. The Labute approximate surface area is 175 Å². The first-order valence-electron chi connectivity index (χ1n) is 9.92. The van der Waals surface area contributed by atoms with E-state index in [0.29, 0.717) is 38.3 Å². The summed E-state index contributed by atoms with van der Waals surface area (Å²) in [4.78, 5) is 30.1. The zero-order chi connectivity index (χ0) is 21.5. The number of pyridine rings is 1. The van der Waals surface area contributed by atoms with Gasteiger partial charge in [0, 0.05) is 44.8 Å². The minimum absolute atomic E-state index is 0.0475. The number of alkyl halides is 3. The van der Waals surface area contributed by atoms with E-state index in [1.54, 1.807) is 4.90 Å². The molecule has 162 valence electrons. The molecule has 1 aliphatic heterocycles. The number of thiophene rings is 1. The van der Waals surface area contributed by atoms with Gasteiger partial charge < -0.3 is 15.0 Å². The van der Waals surface area contributed by atoms with Gasteiger partial charge in [-0.25, -0.2) is 4.98 Å². The van der Waals surface area contributed by atoms with Crippen molar-refractivity contribution >= 4 is 39.2 Å². The second-order valence-electron chi connectivity index (χ2n) is 7.76. The number of aromatic nitrogens is 1. The van der Waals surface area contributed by atoms with E-state index in [0.717, 1.165) is 30.2 Å². The number of ether oxygens (including phenoxy) is 1. The average Bonchev–Trinajstić information content (AvgIpc) is 3.41. The normalized spacial score (nSPS) is 17.9. The van der Waals surface area contributed by atoms with Gasteiger partial charge in [0.05, 0.1) is 21.3 Å². The summed E-state index contributed by atoms with van der Waals surface area (Å²) in [5.41, 5.74) is -0.600. The number of carbonyl (C=O) groups is 2. The Hall–Kier alpha value is -2.36. The average molecular weight is 441 g/mol. The molecule has 2 aromatic heterocycles. The van der Waals surface area contributed by atoms with Crippen molar-refractivity contribution in [2.24, 2.45) is 5.92 Å². The molecule has 2 aromatic rings. The summed E-state index contributed by atoms with van der Waals surface area (Å²) in [6.45, 7) is 0.854. The summed E-state index contributed by atoms with van der Waals surface area (Å²) in [5, 5.41) is 3.85. The lowest BCUT2D eigenvalue weighted by Crippen LogP contribution is -2.38. The Morgan fingerprint density at radius 3 is 2.57 bits per heavy atom. The molecule has 1 amide bonds. The van der Waals surface area contributed by atoms with Crippen molar-refractivity contribution in [1.29, 1.82) is 0 Å². The van der Waals surface area contributed by atoms with Gasteiger partial charge in [-0.15, -0.1) is 11.3 Å². The zero-order valence-electron chi connectivity index (χ0n) is 16.4. The largest absolute Gasteiger partial charge is 0.462 e. The zero-order valence-corrected chi connectivity index (χ0v) is 17.2. The van der Waals surface area contributed by atoms with Gasteiger partial charge in [0.25, 0.3) is 5.91 Å². The van der Waals surface area contributed by atoms with Crippen LogP contribution in [0, 0.1) is 5.92 Å². The first kappa shape index (κ1) is 20.9. The van der Waals surface area contributed by atoms with Gasteiger partial charge in [-0.3, -0.25) is 9.59 Å². The van der Waals surface area contributed by atoms with Crippen LogP contribution >= 0.6 is 11.3 Å². The second-order valence-corrected chi connectivity index (χ2v) is 8.64. The Morgan fingerprint density at radius 1 is 1.27 bits per heavy atom. The summed E-state index contributed by atoms with van der Waals surface area (Å²) >= 11 is 0.864. The van der Waals surface area contributed by atoms with Crippen molar-refractivity contribution in [3.05, 3.63) is 22.6 Å². The van der Waals surface area contributed by atoms with E-state index in [2.05, 4.69) is 10.3 Å². The summed E-state index contributed by atoms with van der Waals surface area (Å²) in [6, 6.07) is 1.05. The van der Waals surface area contributed by atoms with Crippen LogP contribution in [0.4, 0.5) is 19.0 Å². The summed E-state index contributed by atoms with van der Waals surface area (Å²) in [5.74, 6) is -0.0285. The molecule has 0 bridgehead atoms. The van der Waals surface area contributed by atoms with Crippen LogP contribution in [0.2, 0.25) is 0 Å². The molecule has 4 rings (SSSR count). The molecule has 30 heavy (non-hydrogen) atoms. The first-order valence-corrected chi connectivity index (χ1v) is 10.8. The van der Waals surface area contributed by atoms with Crippen molar-refractivity contribution < 1.29 is 27.5 Å². The Bertz CT molecular complexity index is 963. The number of rotatable bonds is 5. The summed E-state index contributed by atoms with van der Waals surface area (Å²) < 4.78 is 46.5. The van der Waals surface area contributed by atoms with E-state index in [-0.39, 0.29) is 33.7 Å². The highest BCUT2D eigenvalue weighted by molar-refractivity contribution is 7.17. The van der Waals surface area contributed by atoms with Gasteiger partial charge in [-0.05, 0) is 24.8 Å². The first-order chi connectivity index (χ1) is 14.3. The highest BCUT2D eigenvalue weighted by atomic mass is 32.1. The maximum Gasteiger partial charge on any atom is 0.417 e. The Morgan fingerprint density at radius 2 is 1.97 bits per heavy atom. The van der Waals surface area contributed by atoms with E-state index in [9.17, 15) is 22.8 Å². The molecule has 1 saturated carbocycles. The molecular formula is C20H22F3N3O3S. The van der Waals surface area contributed by atoms with E-state index in [1.807, 2.05) is 0 Å². The summed E-state index contributed by atoms with van der Waals surface area (Å²) in [7, 11) is 1.43. The quantitative estimate of drug-likeness (QED) is 0.711. The lowest BCUT2D eigenvalue weighted by atomic mass is 10.1. The van der Waals surface area contributed by atoms with Crippen molar-refractivity contribution in [2.45, 2.75) is 44.4 Å². The maximum absolute atomic E-state index is 13.7. The fourth-order valence-corrected chi connectivity index (χ4v) is 4.68. The smallest absolute Gasteiger partial charge is 0.417 e. The number of carbonyl (C=O) groups excluding carboxylic acids is 2. The number of anilines is 1. The second kappa shape index (κ2) is 8.05. The van der Waals surface area contributed by atoms with Crippen molar-refractivity contribution in [3.63, 3.8) is 0 Å². The highest BCUT2D eigenvalue weighted by Crippen LogP contribution is 2.40. The molecule has 10 heteroatoms. The number of hydrogen-bond donors (Lipinski definition) is 1. The molecule has 2 aliphatic rings. The number of nitrogens with one attached hydrogen (secondary N) is 1. The molecule has 3 heterocycles. The molecule has 0 aromatic carbocycles. The third-order valence-corrected chi connectivity index (χ3v) is 6.51. The van der Waals surface area contributed by atoms with Crippen molar-refractivity contribution in [3.8, 4) is 0 Å². The Balaban J connectivity index is 1.55. The van der Waals surface area contributed by atoms with Gasteiger partial charge >= 0.3 is 12.1 Å². The van der Waals surface area contributed by atoms with E-state index < -0.39 is 17.6 Å². The van der Waals surface area contributed by atoms with Crippen LogP contribution in [0.3, 0.4) is 0 Å². The summed E-state index contributed by atoms with van der Waals surface area (Å²) in [6.07, 6.45) is -1.12. The van der Waals surface area contributed by atoms with Crippen LogP contribution in [0.15, 0.2) is 11.4 Å². The van der Waals surface area contributed by atoms with Crippen molar-refractivity contribution in [1.82, 2.24) is 10.3 Å². The molecule has 6 nitrogen and oxygen atoms in total. The van der Waals surface area contributed by atoms with Gasteiger partial charge in [-0.1, -0.05) is 0 Å². The van der Waals surface area contributed by atoms with Crippen LogP contribution in [0.5, 0.6) is 0 Å². The van der Waals surface area contributed by atoms with Gasteiger partial charge in [0.2, 0.25) is 0 Å². The predicted molar refractivity (Wildman–Crippen MR) is 107 cm³/mol. The predicted octanol–water partition coefficient (Wildman–Crippen LogP) is 3.99. The van der Waals surface area contributed by atoms with Crippen LogP contribution in [-0.2, 0) is 15.7 Å². The minimum atomic E-state index is -4.56. The van der Waals surface area contributed by atoms with Crippen LogP contribution < -0.4 is 10.2 Å². The van der Waals surface area contributed by atoms with Crippen molar-refractivity contribution in [2.75, 3.05) is 25.0 Å². The SMILES string of the molecule is CNC(=O)c1csc2c(C(F)(F)F)cc(N3CCC(OC(=O)CC4CC4)CC3)nc12. The lowest BCUT2D eigenvalue weighted by Gasteiger charge is -2.33. The number of piperidine rings is 1. The molecule has 2 fully saturated rings. The minimum Gasteiger partial charge on any atom is -0.462 e. The molecule has 0 radical (unpaired) electrons. The highest BCUT2D eigenvalue weighted by Gasteiger charge is 2.36. The van der Waals surface area contributed by atoms with Crippen LogP contribution in [0.1, 0.15) is 48.0 Å². The number of esters is 1. The fraction of sp³-hybridized carbons (Fsp3) is 0.550. The third-order valence-electron chi connectivity index (χ3n) is 5.50. The van der Waals surface area contributed by atoms with Crippen LogP contribution in [0.25, 0.3) is 10.2 Å². The molecular weight excluding hydrogens is 419 g/mol. The fourth-order valence-electron chi connectivity index (χ4n) is 3.66. The molecule has 0 atom stereocenters. The number of hydrogen-bond acceptors (Lipinski definition) is 6. The van der Waals surface area contributed by atoms with Crippen LogP contribution in [-0.4, -0.2) is 43.1 Å². The molecule has 0 unspecified atom stereocenters. The molecule has 1 saturated heterocycles. The monoisotopic (exact) mass is 441 g/mol. The number of halogens is 3. The van der Waals surface area contributed by atoms with Gasteiger partial charge in [0.1, 0.15) is 11.9 Å².